The van der Waals surface area contributed by atoms with Gasteiger partial charge in [-0.1, -0.05) is 18.3 Å². The van der Waals surface area contributed by atoms with Crippen LogP contribution in [0.1, 0.15) is 35.1 Å². The summed E-state index contributed by atoms with van der Waals surface area (Å²) in [6.07, 6.45) is 6.05. The second-order valence-electron chi connectivity index (χ2n) is 5.48. The maximum Gasteiger partial charge on any atom is 0.254 e. The van der Waals surface area contributed by atoms with Crippen molar-refractivity contribution in [1.82, 2.24) is 15.5 Å². The average Bonchev–Trinajstić information content (AvgIpc) is 3.24. The van der Waals surface area contributed by atoms with Crippen molar-refractivity contribution in [2.45, 2.75) is 26.2 Å². The first-order valence-electron chi connectivity index (χ1n) is 7.64. The first-order chi connectivity index (χ1) is 10.8. The summed E-state index contributed by atoms with van der Waals surface area (Å²) in [5.41, 5.74) is 0.582. The van der Waals surface area contributed by atoms with Gasteiger partial charge in [0.05, 0.1) is 11.8 Å². The van der Waals surface area contributed by atoms with Gasteiger partial charge in [0.15, 0.2) is 0 Å². The van der Waals surface area contributed by atoms with E-state index < -0.39 is 0 Å². The Bertz CT molecular complexity index is 603. The Labute approximate surface area is 133 Å². The number of rotatable bonds is 5. The molecule has 1 amide bonds. The van der Waals surface area contributed by atoms with E-state index in [4.69, 9.17) is 4.42 Å². The summed E-state index contributed by atoms with van der Waals surface area (Å²) >= 11 is 1.68. The van der Waals surface area contributed by atoms with Gasteiger partial charge in [-0.05, 0) is 31.2 Å². The van der Waals surface area contributed by atoms with Crippen molar-refractivity contribution >= 4 is 22.4 Å². The summed E-state index contributed by atoms with van der Waals surface area (Å²) in [5.74, 6) is 0.457. The molecule has 0 aliphatic carbocycles. The van der Waals surface area contributed by atoms with Crippen molar-refractivity contribution < 1.29 is 9.21 Å². The van der Waals surface area contributed by atoms with E-state index in [1.807, 2.05) is 0 Å². The Morgan fingerprint density at radius 3 is 2.91 bits per heavy atom. The standard InChI is InChI=1S/C15H20N4O2S/c1-2-13-17-18-15(22-13)19-6-3-11(4-7-19)9-16-14(20)12-5-8-21-10-12/h5,8,10-11H,2-4,6-7,9H2,1H3,(H,16,20). The number of hydrogen-bond acceptors (Lipinski definition) is 6. The molecule has 6 nitrogen and oxygen atoms in total. The second kappa shape index (κ2) is 6.91. The molecule has 3 heterocycles. The SMILES string of the molecule is CCc1nnc(N2CCC(CNC(=O)c3ccoc3)CC2)s1. The molecular weight excluding hydrogens is 300 g/mol. The topological polar surface area (TPSA) is 71.3 Å². The van der Waals surface area contributed by atoms with Crippen LogP contribution in [0, 0.1) is 5.92 Å². The lowest BCUT2D eigenvalue weighted by molar-refractivity contribution is 0.0944. The van der Waals surface area contributed by atoms with Crippen molar-refractivity contribution in [3.63, 3.8) is 0 Å². The summed E-state index contributed by atoms with van der Waals surface area (Å²) < 4.78 is 4.92. The summed E-state index contributed by atoms with van der Waals surface area (Å²) in [6, 6.07) is 1.68. The maximum absolute atomic E-state index is 11.9. The lowest BCUT2D eigenvalue weighted by atomic mass is 9.97. The van der Waals surface area contributed by atoms with Gasteiger partial charge in [0.2, 0.25) is 5.13 Å². The van der Waals surface area contributed by atoms with Crippen LogP contribution in [0.3, 0.4) is 0 Å². The van der Waals surface area contributed by atoms with E-state index >= 15 is 0 Å². The van der Waals surface area contributed by atoms with Gasteiger partial charge in [-0.15, -0.1) is 10.2 Å². The van der Waals surface area contributed by atoms with Gasteiger partial charge in [0, 0.05) is 19.6 Å². The molecule has 0 unspecified atom stereocenters. The summed E-state index contributed by atoms with van der Waals surface area (Å²) in [4.78, 5) is 14.2. The average molecular weight is 320 g/mol. The van der Waals surface area contributed by atoms with Crippen LogP contribution in [0.25, 0.3) is 0 Å². The maximum atomic E-state index is 11.9. The van der Waals surface area contributed by atoms with Crippen LogP contribution in [0.4, 0.5) is 5.13 Å². The molecule has 118 valence electrons. The summed E-state index contributed by atoms with van der Waals surface area (Å²) in [5, 5.41) is 13.5. The van der Waals surface area contributed by atoms with E-state index in [0.717, 1.165) is 42.5 Å². The third-order valence-electron chi connectivity index (χ3n) is 3.98. The summed E-state index contributed by atoms with van der Waals surface area (Å²) in [7, 11) is 0. The van der Waals surface area contributed by atoms with Crippen LogP contribution in [0.5, 0.6) is 0 Å². The Balaban J connectivity index is 1.44. The van der Waals surface area contributed by atoms with Gasteiger partial charge in [-0.25, -0.2) is 0 Å². The van der Waals surface area contributed by atoms with Crippen LogP contribution in [0.15, 0.2) is 23.0 Å². The van der Waals surface area contributed by atoms with Crippen molar-refractivity contribution in [2.24, 2.45) is 5.92 Å². The van der Waals surface area contributed by atoms with E-state index in [1.165, 1.54) is 12.5 Å². The highest BCUT2D eigenvalue weighted by molar-refractivity contribution is 7.15. The van der Waals surface area contributed by atoms with E-state index in [0.29, 0.717) is 18.0 Å². The predicted octanol–water partition coefficient (Wildman–Crippen LogP) is 2.34. The third kappa shape index (κ3) is 3.47. The van der Waals surface area contributed by atoms with Gasteiger partial charge in [-0.3, -0.25) is 4.79 Å². The number of aryl methyl sites for hydroxylation is 1. The number of nitrogens with one attached hydrogen (secondary N) is 1. The third-order valence-corrected chi connectivity index (χ3v) is 5.11. The smallest absolute Gasteiger partial charge is 0.254 e. The van der Waals surface area contributed by atoms with Gasteiger partial charge in [0.25, 0.3) is 5.91 Å². The molecule has 0 aromatic carbocycles. The zero-order chi connectivity index (χ0) is 15.4. The number of nitrogens with zero attached hydrogens (tertiary/aromatic N) is 3. The van der Waals surface area contributed by atoms with Gasteiger partial charge < -0.3 is 14.6 Å². The minimum Gasteiger partial charge on any atom is -0.472 e. The monoisotopic (exact) mass is 320 g/mol. The Morgan fingerprint density at radius 2 is 2.27 bits per heavy atom. The van der Waals surface area contributed by atoms with Gasteiger partial charge in [0.1, 0.15) is 11.3 Å². The van der Waals surface area contributed by atoms with E-state index in [1.54, 1.807) is 17.4 Å². The molecule has 3 rings (SSSR count). The largest absolute Gasteiger partial charge is 0.472 e. The number of hydrogen-bond donors (Lipinski definition) is 1. The number of furan rings is 1. The highest BCUT2D eigenvalue weighted by Gasteiger charge is 2.22. The van der Waals surface area contributed by atoms with E-state index in [2.05, 4.69) is 27.3 Å². The molecule has 1 aliphatic rings. The molecule has 2 aromatic rings. The van der Waals surface area contributed by atoms with Crippen molar-refractivity contribution in [3.05, 3.63) is 29.2 Å². The Kier molecular flexibility index (Phi) is 4.72. The Hall–Kier alpha value is -1.89. The summed E-state index contributed by atoms with van der Waals surface area (Å²) in [6.45, 7) is 4.77. The van der Waals surface area contributed by atoms with Crippen molar-refractivity contribution in [1.29, 1.82) is 0 Å². The second-order valence-corrected chi connectivity index (χ2v) is 6.52. The lowest BCUT2D eigenvalue weighted by Gasteiger charge is -2.31. The van der Waals surface area contributed by atoms with E-state index in [9.17, 15) is 4.79 Å². The number of carbonyl (C=O) groups excluding carboxylic acids is 1. The molecule has 2 aromatic heterocycles. The number of amides is 1. The zero-order valence-electron chi connectivity index (χ0n) is 12.6. The van der Waals surface area contributed by atoms with Crippen LogP contribution >= 0.6 is 11.3 Å². The fraction of sp³-hybridized carbons (Fsp3) is 0.533. The number of piperidine rings is 1. The van der Waals surface area contributed by atoms with Crippen LogP contribution in [-0.2, 0) is 6.42 Å². The van der Waals surface area contributed by atoms with Gasteiger partial charge in [-0.2, -0.15) is 0 Å². The molecule has 0 spiro atoms. The van der Waals surface area contributed by atoms with Crippen LogP contribution in [-0.4, -0.2) is 35.7 Å². The van der Waals surface area contributed by atoms with Crippen molar-refractivity contribution in [2.75, 3.05) is 24.5 Å². The molecule has 0 atom stereocenters. The highest BCUT2D eigenvalue weighted by Crippen LogP contribution is 2.26. The lowest BCUT2D eigenvalue weighted by Crippen LogP contribution is -2.38. The minimum absolute atomic E-state index is 0.0621. The molecule has 1 saturated heterocycles. The Morgan fingerprint density at radius 1 is 1.45 bits per heavy atom. The van der Waals surface area contributed by atoms with Crippen LogP contribution < -0.4 is 10.2 Å². The van der Waals surface area contributed by atoms with E-state index in [-0.39, 0.29) is 5.91 Å². The molecular formula is C15H20N4O2S. The molecule has 0 saturated carbocycles. The first kappa shape index (κ1) is 15.0. The number of aromatic nitrogens is 2. The molecule has 0 bridgehead atoms. The first-order valence-corrected chi connectivity index (χ1v) is 8.45. The molecule has 1 aliphatic heterocycles. The fourth-order valence-corrected chi connectivity index (χ4v) is 3.41. The molecule has 1 fully saturated rings. The highest BCUT2D eigenvalue weighted by atomic mass is 32.1. The van der Waals surface area contributed by atoms with Crippen molar-refractivity contribution in [3.8, 4) is 0 Å². The molecule has 0 radical (unpaired) electrons. The molecule has 1 N–H and O–H groups in total. The number of carbonyl (C=O) groups is 1. The quantitative estimate of drug-likeness (QED) is 0.915. The normalized spacial score (nSPS) is 16.0. The zero-order valence-corrected chi connectivity index (χ0v) is 13.4. The minimum atomic E-state index is -0.0621. The predicted molar refractivity (Wildman–Crippen MR) is 85.3 cm³/mol. The van der Waals surface area contributed by atoms with Crippen LogP contribution in [0.2, 0.25) is 0 Å². The molecule has 7 heteroatoms. The molecule has 22 heavy (non-hydrogen) atoms. The van der Waals surface area contributed by atoms with Gasteiger partial charge >= 0.3 is 0 Å². The number of anilines is 1. The fourth-order valence-electron chi connectivity index (χ4n) is 2.58.